The highest BCUT2D eigenvalue weighted by atomic mass is 35.5. The number of phenols is 1. The molecular weight excluding hydrogens is 328 g/mol. The van der Waals surface area contributed by atoms with Crippen LogP contribution in [0.4, 0.5) is 8.78 Å². The first kappa shape index (κ1) is 15.2. The van der Waals surface area contributed by atoms with Gasteiger partial charge in [0.1, 0.15) is 11.5 Å². The van der Waals surface area contributed by atoms with Crippen molar-refractivity contribution in [2.75, 3.05) is 0 Å². The predicted molar refractivity (Wildman–Crippen MR) is 82.7 cm³/mol. The van der Waals surface area contributed by atoms with E-state index in [9.17, 15) is 13.9 Å². The Bertz CT molecular complexity index is 1030. The Labute approximate surface area is 134 Å². The number of rotatable bonds is 1. The van der Waals surface area contributed by atoms with Crippen molar-refractivity contribution in [3.8, 4) is 17.2 Å². The quantitative estimate of drug-likeness (QED) is 0.548. The van der Waals surface area contributed by atoms with Gasteiger partial charge in [-0.15, -0.1) is 12.4 Å². The van der Waals surface area contributed by atoms with E-state index < -0.39 is 17.4 Å². The number of aromatic amines is 1. The molecule has 0 spiro atoms. The maximum atomic E-state index is 14.7. The van der Waals surface area contributed by atoms with Crippen LogP contribution in [0, 0.1) is 18.6 Å². The maximum Gasteiger partial charge on any atom is 0.173 e. The van der Waals surface area contributed by atoms with Crippen molar-refractivity contribution in [1.82, 2.24) is 15.2 Å². The van der Waals surface area contributed by atoms with Gasteiger partial charge in [0, 0.05) is 16.3 Å². The summed E-state index contributed by atoms with van der Waals surface area (Å²) in [6.45, 7) is 1.30. The summed E-state index contributed by atoms with van der Waals surface area (Å²) in [4.78, 5) is 4.28. The molecule has 0 aliphatic rings. The minimum absolute atomic E-state index is 0. The molecule has 0 saturated heterocycles. The van der Waals surface area contributed by atoms with Crippen LogP contribution in [-0.4, -0.2) is 20.3 Å². The number of pyridine rings is 1. The van der Waals surface area contributed by atoms with Gasteiger partial charge < -0.3 is 9.52 Å². The van der Waals surface area contributed by atoms with Crippen molar-refractivity contribution < 1.29 is 18.3 Å². The van der Waals surface area contributed by atoms with Crippen LogP contribution in [0.2, 0.25) is 0 Å². The molecule has 2 N–H and O–H groups in total. The molecule has 0 bridgehead atoms. The van der Waals surface area contributed by atoms with Crippen LogP contribution in [0.1, 0.15) is 5.56 Å². The molecule has 5 nitrogen and oxygen atoms in total. The Kier molecular flexibility index (Phi) is 3.45. The molecule has 0 atom stereocenters. The smallest absolute Gasteiger partial charge is 0.173 e. The number of nitrogens with one attached hydrogen (secondary N) is 1. The molecule has 8 heteroatoms. The van der Waals surface area contributed by atoms with Gasteiger partial charge in [0.2, 0.25) is 0 Å². The Morgan fingerprint density at radius 1 is 1.22 bits per heavy atom. The van der Waals surface area contributed by atoms with Gasteiger partial charge in [0.15, 0.2) is 23.0 Å². The lowest BCUT2D eigenvalue weighted by Gasteiger charge is -2.11. The van der Waals surface area contributed by atoms with Crippen LogP contribution in [-0.2, 0) is 0 Å². The van der Waals surface area contributed by atoms with Crippen LogP contribution in [0.25, 0.3) is 33.3 Å². The largest absolute Gasteiger partial charge is 0.505 e. The number of aromatic nitrogens is 3. The summed E-state index contributed by atoms with van der Waals surface area (Å²) in [7, 11) is 0. The third kappa shape index (κ3) is 1.97. The molecule has 3 aromatic heterocycles. The molecule has 1 aromatic carbocycles. The molecule has 0 amide bonds. The Balaban J connectivity index is 0.00000156. The molecule has 118 valence electrons. The lowest BCUT2D eigenvalue weighted by Crippen LogP contribution is -1.97. The minimum Gasteiger partial charge on any atom is -0.505 e. The number of furan rings is 1. The zero-order valence-corrected chi connectivity index (χ0v) is 12.5. The van der Waals surface area contributed by atoms with Gasteiger partial charge in [-0.25, -0.2) is 13.8 Å². The number of nitrogens with zero attached hydrogens (tertiary/aromatic N) is 2. The fraction of sp³-hybridized carbons (Fsp3) is 0.0667. The van der Waals surface area contributed by atoms with E-state index in [1.807, 2.05) is 0 Å². The molecule has 0 aliphatic heterocycles. The van der Waals surface area contributed by atoms with Crippen molar-refractivity contribution in [3.05, 3.63) is 41.8 Å². The summed E-state index contributed by atoms with van der Waals surface area (Å²) in [5.41, 5.74) is 0.249. The van der Waals surface area contributed by atoms with Crippen LogP contribution in [0.15, 0.2) is 29.0 Å². The molecule has 0 unspecified atom stereocenters. The van der Waals surface area contributed by atoms with Crippen LogP contribution in [0.5, 0.6) is 5.75 Å². The zero-order valence-electron chi connectivity index (χ0n) is 11.7. The van der Waals surface area contributed by atoms with E-state index >= 15 is 0 Å². The summed E-state index contributed by atoms with van der Waals surface area (Å²) >= 11 is 0. The lowest BCUT2D eigenvalue weighted by molar-refractivity contribution is 0.426. The van der Waals surface area contributed by atoms with Crippen molar-refractivity contribution in [2.45, 2.75) is 6.92 Å². The average Bonchev–Trinajstić information content (AvgIpc) is 3.19. The van der Waals surface area contributed by atoms with E-state index in [0.29, 0.717) is 5.76 Å². The number of fused-ring (bicyclic) bond motifs is 3. The second-order valence-electron chi connectivity index (χ2n) is 4.92. The summed E-state index contributed by atoms with van der Waals surface area (Å²) < 4.78 is 34.5. The van der Waals surface area contributed by atoms with Crippen molar-refractivity contribution in [1.29, 1.82) is 0 Å². The Morgan fingerprint density at radius 3 is 2.70 bits per heavy atom. The highest BCUT2D eigenvalue weighted by Crippen LogP contribution is 2.40. The van der Waals surface area contributed by atoms with Crippen LogP contribution < -0.4 is 0 Å². The average molecular weight is 338 g/mol. The van der Waals surface area contributed by atoms with Gasteiger partial charge in [-0.1, -0.05) is 0 Å². The SMILES string of the molecule is Cc1c(O)c(F)c2c(c(-c3ccco3)nc3[nH]ncc32)c1F.Cl. The summed E-state index contributed by atoms with van der Waals surface area (Å²) in [6.07, 6.45) is 2.76. The summed E-state index contributed by atoms with van der Waals surface area (Å²) in [6, 6.07) is 3.23. The van der Waals surface area contributed by atoms with Crippen LogP contribution in [0.3, 0.4) is 0 Å². The molecule has 4 rings (SSSR count). The highest BCUT2D eigenvalue weighted by Gasteiger charge is 2.24. The summed E-state index contributed by atoms with van der Waals surface area (Å²) in [5.74, 6) is -2.07. The second kappa shape index (κ2) is 5.20. The fourth-order valence-corrected chi connectivity index (χ4v) is 2.58. The van der Waals surface area contributed by atoms with Crippen molar-refractivity contribution in [3.63, 3.8) is 0 Å². The number of hydrogen-bond acceptors (Lipinski definition) is 4. The molecule has 3 heterocycles. The van der Waals surface area contributed by atoms with Gasteiger partial charge in [0.05, 0.1) is 17.8 Å². The van der Waals surface area contributed by atoms with Gasteiger partial charge in [0.25, 0.3) is 0 Å². The molecule has 0 saturated carbocycles. The van der Waals surface area contributed by atoms with Crippen molar-refractivity contribution in [2.24, 2.45) is 0 Å². The molecular formula is C15H10ClF2N3O2. The molecule has 23 heavy (non-hydrogen) atoms. The van der Waals surface area contributed by atoms with Crippen molar-refractivity contribution >= 4 is 34.2 Å². The van der Waals surface area contributed by atoms with E-state index in [4.69, 9.17) is 4.42 Å². The molecule has 0 fully saturated rings. The Hall–Kier alpha value is -2.67. The lowest BCUT2D eigenvalue weighted by atomic mass is 10.0. The topological polar surface area (TPSA) is 74.9 Å². The first-order chi connectivity index (χ1) is 10.6. The number of hydrogen-bond donors (Lipinski definition) is 2. The minimum atomic E-state index is -0.907. The summed E-state index contributed by atoms with van der Waals surface area (Å²) in [5, 5.41) is 16.4. The third-order valence-electron chi connectivity index (χ3n) is 3.68. The zero-order chi connectivity index (χ0) is 15.4. The van der Waals surface area contributed by atoms with Gasteiger partial charge in [-0.2, -0.15) is 5.10 Å². The first-order valence-corrected chi connectivity index (χ1v) is 6.46. The molecule has 0 radical (unpaired) electrons. The van der Waals surface area contributed by atoms with E-state index in [-0.39, 0.29) is 45.5 Å². The number of benzene rings is 1. The van der Waals surface area contributed by atoms with Gasteiger partial charge >= 0.3 is 0 Å². The van der Waals surface area contributed by atoms with E-state index in [0.717, 1.165) is 0 Å². The Morgan fingerprint density at radius 2 is 2.00 bits per heavy atom. The number of halogens is 3. The van der Waals surface area contributed by atoms with E-state index in [2.05, 4.69) is 15.2 Å². The number of phenolic OH excluding ortho intramolecular Hbond substituents is 1. The predicted octanol–water partition coefficient (Wildman–Crippen LogP) is 4.09. The first-order valence-electron chi connectivity index (χ1n) is 6.46. The van der Waals surface area contributed by atoms with Crippen LogP contribution >= 0.6 is 12.4 Å². The van der Waals surface area contributed by atoms with Gasteiger partial charge in [-0.3, -0.25) is 5.10 Å². The van der Waals surface area contributed by atoms with E-state index in [1.165, 1.54) is 19.4 Å². The second-order valence-corrected chi connectivity index (χ2v) is 4.92. The fourth-order valence-electron chi connectivity index (χ4n) is 2.58. The normalized spacial score (nSPS) is 11.1. The molecule has 0 aliphatic carbocycles. The number of aromatic hydroxyl groups is 1. The number of H-pyrrole nitrogens is 1. The standard InChI is InChI=1S/C15H9F2N3O2.ClH/c1-6-11(16)10-9(12(17)14(6)21)7-5-18-20-15(7)19-13(10)8-3-2-4-22-8;/h2-5,21H,1H3,(H,18,19,20);1H. The third-order valence-corrected chi connectivity index (χ3v) is 3.68. The monoisotopic (exact) mass is 337 g/mol. The molecule has 4 aromatic rings. The van der Waals surface area contributed by atoms with E-state index in [1.54, 1.807) is 12.1 Å². The maximum absolute atomic E-state index is 14.7. The highest BCUT2D eigenvalue weighted by molar-refractivity contribution is 6.10. The van der Waals surface area contributed by atoms with Gasteiger partial charge in [-0.05, 0) is 19.1 Å².